The normalized spacial score (nSPS) is 10.5. The Kier molecular flexibility index (Phi) is 5.99. The molecular weight excluding hydrogens is 212 g/mol. The van der Waals surface area contributed by atoms with Crippen molar-refractivity contribution < 1.29 is 19.1 Å². The number of esters is 2. The number of carbonyl (C=O) groups is 2. The molecule has 0 aromatic heterocycles. The van der Waals surface area contributed by atoms with Crippen LogP contribution in [0.2, 0.25) is 0 Å². The minimum atomic E-state index is -1.00. The van der Waals surface area contributed by atoms with E-state index in [1.165, 1.54) is 12.1 Å². The van der Waals surface area contributed by atoms with Gasteiger partial charge in [-0.15, -0.1) is 0 Å². The largest absolute Gasteiger partial charge is 0.462 e. The minimum Gasteiger partial charge on any atom is -0.462 e. The molecular formula is C10H10N2O4. The van der Waals surface area contributed by atoms with Crippen molar-refractivity contribution in [3.63, 3.8) is 0 Å². The molecule has 0 rings (SSSR count). The molecule has 0 aromatic rings. The lowest BCUT2D eigenvalue weighted by atomic mass is 10.1. The van der Waals surface area contributed by atoms with Crippen molar-refractivity contribution in [3.05, 3.63) is 11.1 Å². The third-order valence-electron chi connectivity index (χ3n) is 1.43. The van der Waals surface area contributed by atoms with Crippen LogP contribution < -0.4 is 0 Å². The van der Waals surface area contributed by atoms with E-state index in [2.05, 4.69) is 9.47 Å². The first-order chi connectivity index (χ1) is 7.62. The Morgan fingerprint density at radius 3 is 1.44 bits per heavy atom. The fourth-order valence-corrected chi connectivity index (χ4v) is 0.814. The summed E-state index contributed by atoms with van der Waals surface area (Å²) in [7, 11) is 0. The second-order valence-corrected chi connectivity index (χ2v) is 2.41. The zero-order valence-corrected chi connectivity index (χ0v) is 8.94. The van der Waals surface area contributed by atoms with Crippen molar-refractivity contribution in [2.24, 2.45) is 0 Å². The van der Waals surface area contributed by atoms with Gasteiger partial charge in [0.2, 0.25) is 0 Å². The third-order valence-corrected chi connectivity index (χ3v) is 1.43. The lowest BCUT2D eigenvalue weighted by Crippen LogP contribution is -2.15. The fraction of sp³-hybridized carbons (Fsp3) is 0.400. The van der Waals surface area contributed by atoms with Crippen molar-refractivity contribution in [3.8, 4) is 12.1 Å². The Labute approximate surface area is 92.7 Å². The lowest BCUT2D eigenvalue weighted by Gasteiger charge is -2.02. The van der Waals surface area contributed by atoms with Gasteiger partial charge in [0.25, 0.3) is 0 Å². The van der Waals surface area contributed by atoms with Gasteiger partial charge in [0.1, 0.15) is 12.1 Å². The van der Waals surface area contributed by atoms with E-state index in [0.29, 0.717) is 0 Å². The van der Waals surface area contributed by atoms with E-state index < -0.39 is 23.1 Å². The highest BCUT2D eigenvalue weighted by atomic mass is 16.5. The summed E-state index contributed by atoms with van der Waals surface area (Å²) in [4.78, 5) is 22.4. The van der Waals surface area contributed by atoms with Crippen molar-refractivity contribution >= 4 is 11.9 Å². The van der Waals surface area contributed by atoms with Gasteiger partial charge in [-0.2, -0.15) is 10.5 Å². The Morgan fingerprint density at radius 2 is 1.25 bits per heavy atom. The molecule has 0 aliphatic rings. The summed E-state index contributed by atoms with van der Waals surface area (Å²) in [5.41, 5.74) is -1.27. The van der Waals surface area contributed by atoms with Crippen LogP contribution in [0.5, 0.6) is 0 Å². The molecule has 0 spiro atoms. The van der Waals surface area contributed by atoms with E-state index in [9.17, 15) is 9.59 Å². The Bertz CT molecular complexity index is 360. The number of hydrogen-bond acceptors (Lipinski definition) is 6. The summed E-state index contributed by atoms with van der Waals surface area (Å²) in [5.74, 6) is -2.01. The molecule has 0 fully saturated rings. The minimum absolute atomic E-state index is 0.0472. The molecule has 84 valence electrons. The summed E-state index contributed by atoms with van der Waals surface area (Å²) in [6.45, 7) is 3.18. The lowest BCUT2D eigenvalue weighted by molar-refractivity contribution is -0.141. The van der Waals surface area contributed by atoms with Crippen LogP contribution in [0.4, 0.5) is 0 Å². The van der Waals surface area contributed by atoms with Crippen LogP contribution in [0.25, 0.3) is 0 Å². The molecule has 0 saturated carbocycles. The van der Waals surface area contributed by atoms with E-state index >= 15 is 0 Å². The van der Waals surface area contributed by atoms with Gasteiger partial charge in [-0.3, -0.25) is 0 Å². The number of carbonyl (C=O) groups excluding carboxylic acids is 2. The number of nitriles is 2. The number of nitrogens with zero attached hydrogens (tertiary/aromatic N) is 2. The van der Waals surface area contributed by atoms with Crippen molar-refractivity contribution in [2.45, 2.75) is 13.8 Å². The van der Waals surface area contributed by atoms with Crippen LogP contribution in [0, 0.1) is 22.7 Å². The zero-order valence-electron chi connectivity index (χ0n) is 8.94. The maximum Gasteiger partial charge on any atom is 0.350 e. The molecule has 0 bridgehead atoms. The third kappa shape index (κ3) is 3.43. The van der Waals surface area contributed by atoms with Crippen LogP contribution in [-0.4, -0.2) is 25.2 Å². The molecule has 0 aliphatic carbocycles. The van der Waals surface area contributed by atoms with E-state index in [-0.39, 0.29) is 13.2 Å². The smallest absolute Gasteiger partial charge is 0.350 e. The molecule has 6 heteroatoms. The van der Waals surface area contributed by atoms with E-state index in [1.54, 1.807) is 13.8 Å². The van der Waals surface area contributed by atoms with Crippen LogP contribution in [-0.2, 0) is 19.1 Å². The fourth-order valence-electron chi connectivity index (χ4n) is 0.814. The summed E-state index contributed by atoms with van der Waals surface area (Å²) >= 11 is 0. The predicted molar refractivity (Wildman–Crippen MR) is 51.5 cm³/mol. The van der Waals surface area contributed by atoms with Gasteiger partial charge >= 0.3 is 11.9 Å². The van der Waals surface area contributed by atoms with Gasteiger partial charge in [0.05, 0.1) is 13.2 Å². The Morgan fingerprint density at radius 1 is 0.938 bits per heavy atom. The van der Waals surface area contributed by atoms with Crippen LogP contribution >= 0.6 is 0 Å². The molecule has 0 N–H and O–H groups in total. The molecule has 0 amide bonds. The van der Waals surface area contributed by atoms with E-state index in [0.717, 1.165) is 0 Å². The topological polar surface area (TPSA) is 100 Å². The first-order valence-corrected chi connectivity index (χ1v) is 4.51. The Balaban J connectivity index is 5.26. The number of rotatable bonds is 4. The first kappa shape index (κ1) is 13.7. The predicted octanol–water partition coefficient (Wildman–Crippen LogP) is 0.456. The SMILES string of the molecule is CCOC(=O)C(C#N)=C(C#N)C(=O)OCC. The monoisotopic (exact) mass is 222 g/mol. The van der Waals surface area contributed by atoms with Gasteiger partial charge < -0.3 is 9.47 Å². The van der Waals surface area contributed by atoms with E-state index in [1.807, 2.05) is 0 Å². The molecule has 0 radical (unpaired) electrons. The maximum atomic E-state index is 11.2. The van der Waals surface area contributed by atoms with Gasteiger partial charge in [-0.05, 0) is 13.8 Å². The maximum absolute atomic E-state index is 11.2. The van der Waals surface area contributed by atoms with Crippen molar-refractivity contribution in [1.29, 1.82) is 10.5 Å². The second kappa shape index (κ2) is 7.02. The second-order valence-electron chi connectivity index (χ2n) is 2.41. The van der Waals surface area contributed by atoms with Gasteiger partial charge in [-0.25, -0.2) is 9.59 Å². The van der Waals surface area contributed by atoms with Crippen molar-refractivity contribution in [2.75, 3.05) is 13.2 Å². The molecule has 0 unspecified atom stereocenters. The average Bonchev–Trinajstić information content (AvgIpc) is 2.25. The van der Waals surface area contributed by atoms with E-state index in [4.69, 9.17) is 10.5 Å². The number of hydrogen-bond donors (Lipinski definition) is 0. The molecule has 0 heterocycles. The average molecular weight is 222 g/mol. The standard InChI is InChI=1S/C10H10N2O4/c1-3-15-9(13)7(5-11)8(6-12)10(14)16-4-2/h3-4H2,1-2H3. The highest BCUT2D eigenvalue weighted by molar-refractivity contribution is 6.05. The van der Waals surface area contributed by atoms with Crippen LogP contribution in [0.3, 0.4) is 0 Å². The molecule has 0 saturated heterocycles. The summed E-state index contributed by atoms with van der Waals surface area (Å²) < 4.78 is 9.06. The highest BCUT2D eigenvalue weighted by Crippen LogP contribution is 2.07. The van der Waals surface area contributed by atoms with Crippen molar-refractivity contribution in [1.82, 2.24) is 0 Å². The first-order valence-electron chi connectivity index (χ1n) is 4.51. The Hall–Kier alpha value is -2.34. The van der Waals surface area contributed by atoms with Crippen LogP contribution in [0.15, 0.2) is 11.1 Å². The summed E-state index contributed by atoms with van der Waals surface area (Å²) in [5, 5.41) is 17.3. The highest BCUT2D eigenvalue weighted by Gasteiger charge is 2.23. The molecule has 6 nitrogen and oxygen atoms in total. The quantitative estimate of drug-likeness (QED) is 0.389. The molecule has 0 aliphatic heterocycles. The molecule has 16 heavy (non-hydrogen) atoms. The summed E-state index contributed by atoms with van der Waals surface area (Å²) in [6, 6.07) is 2.92. The van der Waals surface area contributed by atoms with Crippen LogP contribution in [0.1, 0.15) is 13.8 Å². The van der Waals surface area contributed by atoms with Gasteiger partial charge in [0, 0.05) is 0 Å². The summed E-state index contributed by atoms with van der Waals surface area (Å²) in [6.07, 6.45) is 0. The molecule has 0 aromatic carbocycles. The number of ether oxygens (including phenoxy) is 2. The zero-order chi connectivity index (χ0) is 12.6. The van der Waals surface area contributed by atoms with Gasteiger partial charge in [0.15, 0.2) is 11.1 Å². The molecule has 0 atom stereocenters. The van der Waals surface area contributed by atoms with Gasteiger partial charge in [-0.1, -0.05) is 0 Å².